The Morgan fingerprint density at radius 2 is 1.90 bits per heavy atom. The molecule has 0 atom stereocenters. The normalized spacial score (nSPS) is 11.8. The SMILES string of the molecule is CCC(CC)(OC)c1noc(-c2ccc(O)c(O)c2)n1. The molecule has 0 amide bonds. The van der Waals surface area contributed by atoms with E-state index in [1.807, 2.05) is 13.8 Å². The van der Waals surface area contributed by atoms with E-state index in [0.29, 0.717) is 11.4 Å². The van der Waals surface area contributed by atoms with E-state index in [1.165, 1.54) is 12.1 Å². The molecule has 0 radical (unpaired) electrons. The third-order valence-electron chi connectivity index (χ3n) is 3.59. The molecule has 1 heterocycles. The molecule has 1 aromatic heterocycles. The lowest BCUT2D eigenvalue weighted by Gasteiger charge is -2.25. The van der Waals surface area contributed by atoms with Gasteiger partial charge >= 0.3 is 0 Å². The molecule has 108 valence electrons. The number of methoxy groups -OCH3 is 1. The lowest BCUT2D eigenvalue weighted by molar-refractivity contribution is -0.0306. The quantitative estimate of drug-likeness (QED) is 0.817. The lowest BCUT2D eigenvalue weighted by Crippen LogP contribution is -2.28. The van der Waals surface area contributed by atoms with Crippen molar-refractivity contribution in [3.05, 3.63) is 24.0 Å². The summed E-state index contributed by atoms with van der Waals surface area (Å²) in [5.41, 5.74) is -0.0305. The molecule has 2 N–H and O–H groups in total. The predicted molar refractivity (Wildman–Crippen MR) is 72.3 cm³/mol. The molecule has 2 rings (SSSR count). The van der Waals surface area contributed by atoms with Crippen LogP contribution in [0.2, 0.25) is 0 Å². The molecule has 0 unspecified atom stereocenters. The van der Waals surface area contributed by atoms with Gasteiger partial charge in [-0.15, -0.1) is 0 Å². The number of hydrogen-bond acceptors (Lipinski definition) is 6. The van der Waals surface area contributed by atoms with Crippen LogP contribution < -0.4 is 0 Å². The van der Waals surface area contributed by atoms with E-state index in [1.54, 1.807) is 13.2 Å². The number of phenols is 2. The van der Waals surface area contributed by atoms with E-state index in [0.717, 1.165) is 12.8 Å². The summed E-state index contributed by atoms with van der Waals surface area (Å²) in [6.45, 7) is 3.99. The van der Waals surface area contributed by atoms with Crippen LogP contribution in [0.5, 0.6) is 11.5 Å². The fourth-order valence-electron chi connectivity index (χ4n) is 2.13. The van der Waals surface area contributed by atoms with E-state index in [-0.39, 0.29) is 17.4 Å². The molecular formula is C14H18N2O4. The molecule has 6 heteroatoms. The van der Waals surface area contributed by atoms with Crippen molar-refractivity contribution in [3.63, 3.8) is 0 Å². The molecule has 1 aromatic carbocycles. The van der Waals surface area contributed by atoms with Crippen LogP contribution in [0.25, 0.3) is 11.5 Å². The third kappa shape index (κ3) is 2.34. The van der Waals surface area contributed by atoms with Crippen molar-refractivity contribution in [2.75, 3.05) is 7.11 Å². The lowest BCUT2D eigenvalue weighted by atomic mass is 9.96. The van der Waals surface area contributed by atoms with Gasteiger partial charge in [-0.3, -0.25) is 0 Å². The second-order valence-electron chi connectivity index (χ2n) is 4.53. The molecule has 0 aliphatic rings. The molecule has 0 saturated carbocycles. The van der Waals surface area contributed by atoms with Crippen LogP contribution in [0.3, 0.4) is 0 Å². The Kier molecular flexibility index (Phi) is 3.94. The fourth-order valence-corrected chi connectivity index (χ4v) is 2.13. The smallest absolute Gasteiger partial charge is 0.258 e. The van der Waals surface area contributed by atoms with Gasteiger partial charge in [-0.1, -0.05) is 19.0 Å². The number of ether oxygens (including phenoxy) is 1. The van der Waals surface area contributed by atoms with E-state index in [4.69, 9.17) is 9.26 Å². The van der Waals surface area contributed by atoms with E-state index >= 15 is 0 Å². The van der Waals surface area contributed by atoms with Gasteiger partial charge in [0, 0.05) is 12.7 Å². The molecule has 0 saturated heterocycles. The summed E-state index contributed by atoms with van der Waals surface area (Å²) in [4.78, 5) is 4.34. The highest BCUT2D eigenvalue weighted by Gasteiger charge is 2.33. The van der Waals surface area contributed by atoms with Gasteiger partial charge in [-0.25, -0.2) is 0 Å². The highest BCUT2D eigenvalue weighted by atomic mass is 16.5. The van der Waals surface area contributed by atoms with Crippen molar-refractivity contribution in [2.24, 2.45) is 0 Å². The standard InChI is InChI=1S/C14H18N2O4/c1-4-14(5-2,19-3)13-15-12(20-16-13)9-6-7-10(17)11(18)8-9/h6-8,17-18H,4-5H2,1-3H3. The van der Waals surface area contributed by atoms with Crippen LogP contribution in [0, 0.1) is 0 Å². The molecule has 0 bridgehead atoms. The van der Waals surface area contributed by atoms with Crippen molar-refractivity contribution in [3.8, 4) is 23.0 Å². The summed E-state index contributed by atoms with van der Waals surface area (Å²) in [5, 5.41) is 22.8. The number of aromatic hydroxyl groups is 2. The topological polar surface area (TPSA) is 88.6 Å². The minimum atomic E-state index is -0.569. The zero-order valence-corrected chi connectivity index (χ0v) is 11.8. The van der Waals surface area contributed by atoms with Gasteiger partial charge in [0.15, 0.2) is 11.5 Å². The van der Waals surface area contributed by atoms with Gasteiger partial charge < -0.3 is 19.5 Å². The molecule has 0 aliphatic carbocycles. The molecule has 6 nitrogen and oxygen atoms in total. The summed E-state index contributed by atoms with van der Waals surface area (Å²) < 4.78 is 10.8. The van der Waals surface area contributed by atoms with Crippen LogP contribution in [-0.4, -0.2) is 27.5 Å². The van der Waals surface area contributed by atoms with Gasteiger partial charge in [-0.2, -0.15) is 4.98 Å². The highest BCUT2D eigenvalue weighted by Crippen LogP contribution is 2.33. The zero-order valence-electron chi connectivity index (χ0n) is 11.8. The molecule has 0 aliphatic heterocycles. The zero-order chi connectivity index (χ0) is 14.8. The first-order chi connectivity index (χ1) is 9.56. The first-order valence-electron chi connectivity index (χ1n) is 6.48. The Labute approximate surface area is 117 Å². The average molecular weight is 278 g/mol. The summed E-state index contributed by atoms with van der Waals surface area (Å²) in [7, 11) is 1.62. The molecule has 20 heavy (non-hydrogen) atoms. The molecular weight excluding hydrogens is 260 g/mol. The minimum absolute atomic E-state index is 0.193. The van der Waals surface area contributed by atoms with Crippen LogP contribution in [0.1, 0.15) is 32.5 Å². The Morgan fingerprint density at radius 1 is 1.20 bits per heavy atom. The van der Waals surface area contributed by atoms with Gasteiger partial charge in [0.05, 0.1) is 0 Å². The van der Waals surface area contributed by atoms with Crippen LogP contribution in [0.4, 0.5) is 0 Å². The van der Waals surface area contributed by atoms with Gasteiger partial charge in [0.1, 0.15) is 5.60 Å². The number of nitrogens with zero attached hydrogens (tertiary/aromatic N) is 2. The van der Waals surface area contributed by atoms with Gasteiger partial charge in [-0.05, 0) is 31.0 Å². The van der Waals surface area contributed by atoms with Crippen LogP contribution in [0.15, 0.2) is 22.7 Å². The molecule has 2 aromatic rings. The predicted octanol–water partition coefficient (Wildman–Crippen LogP) is 2.81. The number of phenolic OH excluding ortho intramolecular Hbond substituents is 2. The second kappa shape index (κ2) is 5.50. The second-order valence-corrected chi connectivity index (χ2v) is 4.53. The third-order valence-corrected chi connectivity index (χ3v) is 3.59. The number of hydrogen-bond donors (Lipinski definition) is 2. The maximum absolute atomic E-state index is 9.50. The summed E-state index contributed by atoms with van der Waals surface area (Å²) in [6, 6.07) is 4.34. The van der Waals surface area contributed by atoms with Crippen LogP contribution >= 0.6 is 0 Å². The van der Waals surface area contributed by atoms with Gasteiger partial charge in [0.2, 0.25) is 5.82 Å². The van der Waals surface area contributed by atoms with E-state index in [2.05, 4.69) is 10.1 Å². The maximum Gasteiger partial charge on any atom is 0.258 e. The van der Waals surface area contributed by atoms with Crippen LogP contribution in [-0.2, 0) is 10.3 Å². The first kappa shape index (κ1) is 14.3. The number of benzene rings is 1. The monoisotopic (exact) mass is 278 g/mol. The minimum Gasteiger partial charge on any atom is -0.504 e. The van der Waals surface area contributed by atoms with Crippen molar-refractivity contribution < 1.29 is 19.5 Å². The summed E-state index contributed by atoms with van der Waals surface area (Å²) in [5.74, 6) is 0.333. The molecule has 0 spiro atoms. The maximum atomic E-state index is 9.50. The van der Waals surface area contributed by atoms with Crippen molar-refractivity contribution >= 4 is 0 Å². The van der Waals surface area contributed by atoms with Crippen molar-refractivity contribution in [1.82, 2.24) is 10.1 Å². The Balaban J connectivity index is 2.39. The number of rotatable bonds is 5. The van der Waals surface area contributed by atoms with Crippen molar-refractivity contribution in [2.45, 2.75) is 32.3 Å². The first-order valence-corrected chi connectivity index (χ1v) is 6.48. The van der Waals surface area contributed by atoms with E-state index in [9.17, 15) is 10.2 Å². The largest absolute Gasteiger partial charge is 0.504 e. The van der Waals surface area contributed by atoms with Crippen molar-refractivity contribution in [1.29, 1.82) is 0 Å². The summed E-state index contributed by atoms with van der Waals surface area (Å²) >= 11 is 0. The number of aromatic nitrogens is 2. The fraction of sp³-hybridized carbons (Fsp3) is 0.429. The summed E-state index contributed by atoms with van der Waals surface area (Å²) in [6.07, 6.45) is 1.44. The Morgan fingerprint density at radius 3 is 2.45 bits per heavy atom. The van der Waals surface area contributed by atoms with Gasteiger partial charge in [0.25, 0.3) is 5.89 Å². The Bertz CT molecular complexity index is 582. The van der Waals surface area contributed by atoms with E-state index < -0.39 is 5.60 Å². The molecule has 0 fully saturated rings. The average Bonchev–Trinajstić information content (AvgIpc) is 2.95. The highest BCUT2D eigenvalue weighted by molar-refractivity contribution is 5.58. The Hall–Kier alpha value is -2.08.